The van der Waals surface area contributed by atoms with Gasteiger partial charge in [0.05, 0.1) is 12.1 Å². The molecule has 1 saturated heterocycles. The second kappa shape index (κ2) is 7.09. The number of nitrogens with one attached hydrogen (secondary N) is 1. The lowest BCUT2D eigenvalue weighted by molar-refractivity contribution is 0.211. The van der Waals surface area contributed by atoms with E-state index in [4.69, 9.17) is 10.1 Å². The van der Waals surface area contributed by atoms with Crippen molar-refractivity contribution < 1.29 is 4.74 Å². The molecule has 2 heterocycles. The molecule has 1 aromatic heterocycles. The topological polar surface area (TPSA) is 49.2 Å². The van der Waals surface area contributed by atoms with Gasteiger partial charge in [0.2, 0.25) is 0 Å². The minimum atomic E-state index is 0. The number of aromatic nitrogens is 1. The Kier molecular flexibility index (Phi) is 5.42. The van der Waals surface area contributed by atoms with Gasteiger partial charge in [-0.1, -0.05) is 18.2 Å². The molecule has 1 aliphatic rings. The van der Waals surface area contributed by atoms with Crippen molar-refractivity contribution >= 4 is 40.9 Å². The van der Waals surface area contributed by atoms with Crippen molar-refractivity contribution in [3.63, 3.8) is 0 Å². The van der Waals surface area contributed by atoms with E-state index in [9.17, 15) is 0 Å². The molecular formula is C15H20ClN3OS. The molecule has 1 N–H and O–H groups in total. The van der Waals surface area contributed by atoms with Gasteiger partial charge in [-0.2, -0.15) is 4.37 Å². The van der Waals surface area contributed by atoms with Crippen LogP contribution in [0.15, 0.2) is 24.3 Å². The smallest absolute Gasteiger partial charge is 0.284 e. The van der Waals surface area contributed by atoms with Gasteiger partial charge in [-0.25, -0.2) is 0 Å². The normalized spacial score (nSPS) is 15.8. The van der Waals surface area contributed by atoms with Crippen LogP contribution in [0.5, 0.6) is 0 Å². The summed E-state index contributed by atoms with van der Waals surface area (Å²) in [5.74, 6) is 0.568. The summed E-state index contributed by atoms with van der Waals surface area (Å²) in [6.07, 6.45) is 2.14. The highest BCUT2D eigenvalue weighted by molar-refractivity contribution is 7.07. The molecule has 0 bridgehead atoms. The molecule has 0 atom stereocenters. The van der Waals surface area contributed by atoms with Crippen molar-refractivity contribution in [2.45, 2.75) is 25.7 Å². The Balaban J connectivity index is 0.00000161. The predicted molar refractivity (Wildman–Crippen MR) is 89.8 cm³/mol. The highest BCUT2D eigenvalue weighted by Gasteiger charge is 2.25. The van der Waals surface area contributed by atoms with Crippen molar-refractivity contribution in [1.82, 2.24) is 9.27 Å². The van der Waals surface area contributed by atoms with E-state index >= 15 is 0 Å². The Morgan fingerprint density at radius 3 is 2.81 bits per heavy atom. The maximum absolute atomic E-state index is 7.85. The summed E-state index contributed by atoms with van der Waals surface area (Å²) in [6.45, 7) is 4.29. The number of hydrogen-bond acceptors (Lipinski definition) is 4. The fraction of sp³-hybridized carbons (Fsp3) is 0.467. The number of hydrogen-bond donors (Lipinski definition) is 1. The van der Waals surface area contributed by atoms with Gasteiger partial charge in [0.25, 0.3) is 6.02 Å². The van der Waals surface area contributed by atoms with Gasteiger partial charge in [-0.15, -0.1) is 12.4 Å². The first-order valence-corrected chi connectivity index (χ1v) is 7.87. The molecule has 1 aromatic carbocycles. The highest BCUT2D eigenvalue weighted by atomic mass is 35.5. The molecule has 0 unspecified atom stereocenters. The number of nitrogens with zero attached hydrogens (tertiary/aromatic N) is 2. The van der Waals surface area contributed by atoms with Crippen molar-refractivity contribution in [1.29, 1.82) is 5.41 Å². The number of likely N-dealkylation sites (tertiary alicyclic amines) is 1. The van der Waals surface area contributed by atoms with E-state index < -0.39 is 0 Å². The summed E-state index contributed by atoms with van der Waals surface area (Å²) in [4.78, 5) is 3.44. The number of benzene rings is 1. The zero-order chi connectivity index (χ0) is 13.9. The van der Waals surface area contributed by atoms with E-state index in [2.05, 4.69) is 22.6 Å². The van der Waals surface area contributed by atoms with E-state index in [1.165, 1.54) is 10.3 Å². The van der Waals surface area contributed by atoms with E-state index in [0.717, 1.165) is 31.4 Å². The van der Waals surface area contributed by atoms with Gasteiger partial charge in [-0.3, -0.25) is 5.41 Å². The van der Waals surface area contributed by atoms with Crippen molar-refractivity contribution in [3.05, 3.63) is 29.1 Å². The van der Waals surface area contributed by atoms with Gasteiger partial charge in [0.15, 0.2) is 0 Å². The SMILES string of the molecule is CCOC(=N)N1CCC(c2snc3ccccc23)CC1.Cl. The number of amidine groups is 1. The van der Waals surface area contributed by atoms with Crippen LogP contribution in [0.2, 0.25) is 0 Å². The summed E-state index contributed by atoms with van der Waals surface area (Å²) in [5, 5.41) is 9.15. The predicted octanol–water partition coefficient (Wildman–Crippen LogP) is 3.87. The average molecular weight is 326 g/mol. The molecule has 2 aromatic rings. The largest absolute Gasteiger partial charge is 0.466 e. The van der Waals surface area contributed by atoms with E-state index in [-0.39, 0.29) is 12.4 Å². The van der Waals surface area contributed by atoms with E-state index in [1.54, 1.807) is 11.5 Å². The third-order valence-corrected chi connectivity index (χ3v) is 4.88. The maximum atomic E-state index is 7.85. The molecule has 0 radical (unpaired) electrons. The summed E-state index contributed by atoms with van der Waals surface area (Å²) >= 11 is 1.64. The summed E-state index contributed by atoms with van der Waals surface area (Å²) in [6, 6.07) is 8.69. The van der Waals surface area contributed by atoms with Gasteiger partial charge < -0.3 is 9.64 Å². The van der Waals surface area contributed by atoms with E-state index in [0.29, 0.717) is 18.5 Å². The standard InChI is InChI=1S/C15H19N3OS.ClH/c1-2-19-15(16)18-9-7-11(8-10-18)14-12-5-3-4-6-13(12)17-20-14;/h3-6,11,16H,2,7-10H2,1H3;1H. The maximum Gasteiger partial charge on any atom is 0.284 e. The van der Waals surface area contributed by atoms with Crippen LogP contribution in [-0.2, 0) is 4.74 Å². The zero-order valence-electron chi connectivity index (χ0n) is 12.0. The van der Waals surface area contributed by atoms with Gasteiger partial charge in [-0.05, 0) is 43.3 Å². The number of piperidine rings is 1. The van der Waals surface area contributed by atoms with Crippen LogP contribution in [0.25, 0.3) is 10.9 Å². The third kappa shape index (κ3) is 3.30. The first kappa shape index (κ1) is 16.0. The zero-order valence-corrected chi connectivity index (χ0v) is 13.7. The van der Waals surface area contributed by atoms with Crippen LogP contribution >= 0.6 is 23.9 Å². The van der Waals surface area contributed by atoms with Gasteiger partial charge >= 0.3 is 0 Å². The van der Waals surface area contributed by atoms with Gasteiger partial charge in [0.1, 0.15) is 0 Å². The number of ether oxygens (including phenoxy) is 1. The number of halogens is 1. The molecule has 0 saturated carbocycles. The summed E-state index contributed by atoms with van der Waals surface area (Å²) < 4.78 is 9.82. The lowest BCUT2D eigenvalue weighted by Gasteiger charge is -2.32. The Bertz CT molecular complexity index is 608. The Morgan fingerprint density at radius 1 is 1.38 bits per heavy atom. The number of fused-ring (bicyclic) bond motifs is 1. The minimum Gasteiger partial charge on any atom is -0.466 e. The molecule has 114 valence electrons. The van der Waals surface area contributed by atoms with Crippen LogP contribution in [0, 0.1) is 5.41 Å². The molecule has 0 amide bonds. The second-order valence-corrected chi connectivity index (χ2v) is 5.87. The second-order valence-electron chi connectivity index (χ2n) is 5.06. The molecule has 1 fully saturated rings. The van der Waals surface area contributed by atoms with Crippen LogP contribution in [0.1, 0.15) is 30.6 Å². The van der Waals surface area contributed by atoms with Crippen LogP contribution in [-0.4, -0.2) is 35.0 Å². The first-order chi connectivity index (χ1) is 9.79. The lowest BCUT2D eigenvalue weighted by atomic mass is 9.93. The fourth-order valence-electron chi connectivity index (χ4n) is 2.78. The molecule has 4 nitrogen and oxygen atoms in total. The minimum absolute atomic E-state index is 0. The highest BCUT2D eigenvalue weighted by Crippen LogP contribution is 2.35. The Morgan fingerprint density at radius 2 is 2.10 bits per heavy atom. The van der Waals surface area contributed by atoms with Crippen LogP contribution in [0.4, 0.5) is 0 Å². The molecule has 3 rings (SSSR count). The number of rotatable bonds is 2. The summed E-state index contributed by atoms with van der Waals surface area (Å²) in [5.41, 5.74) is 1.11. The lowest BCUT2D eigenvalue weighted by Crippen LogP contribution is -2.38. The summed E-state index contributed by atoms with van der Waals surface area (Å²) in [7, 11) is 0. The van der Waals surface area contributed by atoms with Crippen molar-refractivity contribution in [3.8, 4) is 0 Å². The third-order valence-electron chi connectivity index (χ3n) is 3.85. The van der Waals surface area contributed by atoms with Crippen molar-refractivity contribution in [2.75, 3.05) is 19.7 Å². The van der Waals surface area contributed by atoms with Crippen LogP contribution < -0.4 is 0 Å². The average Bonchev–Trinajstić information content (AvgIpc) is 2.92. The monoisotopic (exact) mass is 325 g/mol. The van der Waals surface area contributed by atoms with Gasteiger partial charge in [0, 0.05) is 23.4 Å². The first-order valence-electron chi connectivity index (χ1n) is 7.10. The Hall–Kier alpha value is -1.33. The fourth-order valence-corrected chi connectivity index (χ4v) is 3.79. The van der Waals surface area contributed by atoms with E-state index in [1.807, 2.05) is 17.9 Å². The molecular weight excluding hydrogens is 306 g/mol. The quantitative estimate of drug-likeness (QED) is 0.673. The molecule has 21 heavy (non-hydrogen) atoms. The molecule has 0 aliphatic carbocycles. The van der Waals surface area contributed by atoms with Crippen molar-refractivity contribution in [2.24, 2.45) is 0 Å². The molecule has 0 spiro atoms. The molecule has 1 aliphatic heterocycles. The molecule has 6 heteroatoms. The van der Waals surface area contributed by atoms with Crippen LogP contribution in [0.3, 0.4) is 0 Å². The Labute approximate surface area is 135 Å².